The van der Waals surface area contributed by atoms with Crippen LogP contribution in [0.2, 0.25) is 0 Å². The number of furan rings is 1. The summed E-state index contributed by atoms with van der Waals surface area (Å²) in [5.74, 6) is 0.539. The quantitative estimate of drug-likeness (QED) is 0.874. The molecule has 1 aromatic heterocycles. The number of carbonyl (C=O) groups is 1. The normalized spacial score (nSPS) is 20.7. The summed E-state index contributed by atoms with van der Waals surface area (Å²) in [5, 5.41) is 2.88. The van der Waals surface area contributed by atoms with Crippen molar-refractivity contribution >= 4 is 5.91 Å². The van der Waals surface area contributed by atoms with Gasteiger partial charge in [-0.2, -0.15) is 0 Å². The molecule has 2 heterocycles. The number of hydrogen-bond acceptors (Lipinski definition) is 4. The van der Waals surface area contributed by atoms with Gasteiger partial charge in [0.05, 0.1) is 24.5 Å². The average molecular weight is 266 g/mol. The van der Waals surface area contributed by atoms with Crippen molar-refractivity contribution in [2.75, 3.05) is 32.8 Å². The van der Waals surface area contributed by atoms with E-state index < -0.39 is 0 Å². The maximum Gasteiger partial charge on any atom is 0.254 e. The van der Waals surface area contributed by atoms with E-state index in [2.05, 4.69) is 24.1 Å². The fraction of sp³-hybridized carbons (Fsp3) is 0.643. The van der Waals surface area contributed by atoms with Crippen molar-refractivity contribution in [2.45, 2.75) is 20.0 Å². The summed E-state index contributed by atoms with van der Waals surface area (Å²) in [5.41, 5.74) is 0.551. The molecule has 0 saturated carbocycles. The van der Waals surface area contributed by atoms with Gasteiger partial charge in [-0.15, -0.1) is 0 Å². The highest BCUT2D eigenvalue weighted by Gasteiger charge is 2.21. The lowest BCUT2D eigenvalue weighted by Gasteiger charge is -2.33. The number of nitrogens with one attached hydrogen (secondary N) is 1. The standard InChI is InChI=1S/C14H22N2O3/c1-11(2)8-16-4-6-19-13(9-16)7-15-14(17)12-3-5-18-10-12/h3,5,10-11,13H,4,6-9H2,1-2H3,(H,15,17). The van der Waals surface area contributed by atoms with Crippen LogP contribution in [-0.2, 0) is 4.74 Å². The summed E-state index contributed by atoms with van der Waals surface area (Å²) in [4.78, 5) is 14.2. The van der Waals surface area contributed by atoms with Crippen LogP contribution in [0.5, 0.6) is 0 Å². The first kappa shape index (κ1) is 14.1. The van der Waals surface area contributed by atoms with Gasteiger partial charge in [0.25, 0.3) is 5.91 Å². The lowest BCUT2D eigenvalue weighted by molar-refractivity contribution is -0.0295. The molecule has 2 rings (SSSR count). The molecule has 5 heteroatoms. The summed E-state index contributed by atoms with van der Waals surface area (Å²) in [7, 11) is 0. The molecule has 0 spiro atoms. The van der Waals surface area contributed by atoms with Gasteiger partial charge in [0.1, 0.15) is 6.26 Å². The molecule has 1 aliphatic heterocycles. The second-order valence-electron chi connectivity index (χ2n) is 5.37. The molecule has 1 unspecified atom stereocenters. The molecular formula is C14H22N2O3. The molecule has 1 fully saturated rings. The van der Waals surface area contributed by atoms with Crippen LogP contribution in [0.25, 0.3) is 0 Å². The number of amides is 1. The highest BCUT2D eigenvalue weighted by molar-refractivity contribution is 5.93. The highest BCUT2D eigenvalue weighted by atomic mass is 16.5. The molecule has 1 aliphatic rings. The van der Waals surface area contributed by atoms with Crippen LogP contribution in [0, 0.1) is 5.92 Å². The van der Waals surface area contributed by atoms with Crippen molar-refractivity contribution in [3.05, 3.63) is 24.2 Å². The second-order valence-corrected chi connectivity index (χ2v) is 5.37. The van der Waals surface area contributed by atoms with E-state index in [1.807, 2.05) is 0 Å². The molecule has 0 aromatic carbocycles. The van der Waals surface area contributed by atoms with Crippen LogP contribution in [0.1, 0.15) is 24.2 Å². The topological polar surface area (TPSA) is 54.7 Å². The monoisotopic (exact) mass is 266 g/mol. The Morgan fingerprint density at radius 2 is 2.42 bits per heavy atom. The van der Waals surface area contributed by atoms with E-state index in [-0.39, 0.29) is 12.0 Å². The third-order valence-electron chi connectivity index (χ3n) is 3.12. The summed E-state index contributed by atoms with van der Waals surface area (Å²) in [6, 6.07) is 1.65. The number of ether oxygens (including phenoxy) is 1. The Hall–Kier alpha value is -1.33. The maximum absolute atomic E-state index is 11.8. The third-order valence-corrected chi connectivity index (χ3v) is 3.12. The van der Waals surface area contributed by atoms with Gasteiger partial charge in [0.15, 0.2) is 0 Å². The fourth-order valence-corrected chi connectivity index (χ4v) is 2.29. The first-order valence-electron chi connectivity index (χ1n) is 6.79. The molecule has 106 valence electrons. The van der Waals surface area contributed by atoms with E-state index in [0.717, 1.165) is 26.2 Å². The fourth-order valence-electron chi connectivity index (χ4n) is 2.29. The Morgan fingerprint density at radius 3 is 3.11 bits per heavy atom. The zero-order chi connectivity index (χ0) is 13.7. The third kappa shape index (κ3) is 4.36. The van der Waals surface area contributed by atoms with Crippen LogP contribution >= 0.6 is 0 Å². The molecule has 1 atom stereocenters. The molecule has 0 radical (unpaired) electrons. The summed E-state index contributed by atoms with van der Waals surface area (Å²) in [6.45, 7) is 8.64. The number of carbonyl (C=O) groups excluding carboxylic acids is 1. The minimum Gasteiger partial charge on any atom is -0.472 e. The van der Waals surface area contributed by atoms with Crippen molar-refractivity contribution in [1.82, 2.24) is 10.2 Å². The number of morpholine rings is 1. The Bertz CT molecular complexity index is 389. The van der Waals surface area contributed by atoms with Gasteiger partial charge in [-0.3, -0.25) is 9.69 Å². The smallest absolute Gasteiger partial charge is 0.254 e. The first-order chi connectivity index (χ1) is 9.15. The van der Waals surface area contributed by atoms with Crippen LogP contribution in [-0.4, -0.2) is 49.7 Å². The minimum absolute atomic E-state index is 0.0725. The van der Waals surface area contributed by atoms with E-state index >= 15 is 0 Å². The first-order valence-corrected chi connectivity index (χ1v) is 6.79. The largest absolute Gasteiger partial charge is 0.472 e. The number of rotatable bonds is 5. The Balaban J connectivity index is 1.75. The lowest BCUT2D eigenvalue weighted by atomic mass is 10.2. The van der Waals surface area contributed by atoms with Gasteiger partial charge in [-0.05, 0) is 12.0 Å². The highest BCUT2D eigenvalue weighted by Crippen LogP contribution is 2.08. The van der Waals surface area contributed by atoms with E-state index in [1.54, 1.807) is 6.07 Å². The predicted octanol–water partition coefficient (Wildman–Crippen LogP) is 1.37. The van der Waals surface area contributed by atoms with Crippen molar-refractivity contribution in [3.8, 4) is 0 Å². The van der Waals surface area contributed by atoms with Crippen LogP contribution < -0.4 is 5.32 Å². The van der Waals surface area contributed by atoms with Gasteiger partial charge in [0.2, 0.25) is 0 Å². The maximum atomic E-state index is 11.8. The van der Waals surface area contributed by atoms with Crippen molar-refractivity contribution in [2.24, 2.45) is 5.92 Å². The van der Waals surface area contributed by atoms with E-state index in [0.29, 0.717) is 18.0 Å². The molecule has 1 aromatic rings. The van der Waals surface area contributed by atoms with E-state index in [9.17, 15) is 4.79 Å². The molecule has 0 aliphatic carbocycles. The molecule has 1 saturated heterocycles. The van der Waals surface area contributed by atoms with Gasteiger partial charge < -0.3 is 14.5 Å². The SMILES string of the molecule is CC(C)CN1CCOC(CNC(=O)c2ccoc2)C1. The molecule has 1 amide bonds. The van der Waals surface area contributed by atoms with E-state index in [1.165, 1.54) is 12.5 Å². The average Bonchev–Trinajstić information content (AvgIpc) is 2.89. The van der Waals surface area contributed by atoms with Gasteiger partial charge in [0, 0.05) is 26.2 Å². The van der Waals surface area contributed by atoms with Crippen molar-refractivity contribution in [1.29, 1.82) is 0 Å². The van der Waals surface area contributed by atoms with Crippen LogP contribution in [0.15, 0.2) is 23.0 Å². The molecule has 5 nitrogen and oxygen atoms in total. The Morgan fingerprint density at radius 1 is 1.58 bits per heavy atom. The molecular weight excluding hydrogens is 244 g/mol. The Kier molecular flexibility index (Phi) is 4.99. The van der Waals surface area contributed by atoms with E-state index in [4.69, 9.17) is 9.15 Å². The molecule has 19 heavy (non-hydrogen) atoms. The zero-order valence-electron chi connectivity index (χ0n) is 11.6. The van der Waals surface area contributed by atoms with Crippen molar-refractivity contribution in [3.63, 3.8) is 0 Å². The van der Waals surface area contributed by atoms with Crippen LogP contribution in [0.3, 0.4) is 0 Å². The van der Waals surface area contributed by atoms with Gasteiger partial charge >= 0.3 is 0 Å². The molecule has 0 bridgehead atoms. The minimum atomic E-state index is -0.113. The summed E-state index contributed by atoms with van der Waals surface area (Å²) >= 11 is 0. The Labute approximate surface area is 113 Å². The summed E-state index contributed by atoms with van der Waals surface area (Å²) < 4.78 is 10.6. The van der Waals surface area contributed by atoms with Gasteiger partial charge in [-0.1, -0.05) is 13.8 Å². The van der Waals surface area contributed by atoms with Gasteiger partial charge in [-0.25, -0.2) is 0 Å². The molecule has 1 N–H and O–H groups in total. The van der Waals surface area contributed by atoms with Crippen molar-refractivity contribution < 1.29 is 13.9 Å². The number of hydrogen-bond donors (Lipinski definition) is 1. The second kappa shape index (κ2) is 6.73. The zero-order valence-corrected chi connectivity index (χ0v) is 11.6. The lowest BCUT2D eigenvalue weighted by Crippen LogP contribution is -2.48. The predicted molar refractivity (Wildman–Crippen MR) is 72.1 cm³/mol. The van der Waals surface area contributed by atoms with Crippen LogP contribution in [0.4, 0.5) is 0 Å². The number of nitrogens with zero attached hydrogens (tertiary/aromatic N) is 1. The summed E-state index contributed by atoms with van der Waals surface area (Å²) in [6.07, 6.45) is 3.02.